The summed E-state index contributed by atoms with van der Waals surface area (Å²) in [6.07, 6.45) is 1.48. The minimum atomic E-state index is -0.525. The van der Waals surface area contributed by atoms with Crippen molar-refractivity contribution < 1.29 is 14.4 Å². The smallest absolute Gasteiger partial charge is 0.244 e. The number of carbonyl (C=O) groups is 3. The van der Waals surface area contributed by atoms with Gasteiger partial charge in [0.2, 0.25) is 11.8 Å². The lowest BCUT2D eigenvalue weighted by atomic mass is 9.91. The lowest BCUT2D eigenvalue weighted by Crippen LogP contribution is -2.34. The number of carbonyl (C=O) groups excluding carboxylic acids is 3. The molecule has 0 spiro atoms. The summed E-state index contributed by atoms with van der Waals surface area (Å²) in [6, 6.07) is 4.01. The average molecular weight is 375 g/mol. The van der Waals surface area contributed by atoms with E-state index in [0.29, 0.717) is 5.03 Å². The van der Waals surface area contributed by atoms with Crippen LogP contribution in [0.5, 0.6) is 0 Å². The van der Waals surface area contributed by atoms with Crippen molar-refractivity contribution in [3.8, 4) is 0 Å². The summed E-state index contributed by atoms with van der Waals surface area (Å²) in [4.78, 5) is 38.3. The fraction of sp³-hybridized carbons (Fsp3) is 0.450. The molecule has 0 aromatic heterocycles. The Labute approximate surface area is 159 Å². The van der Waals surface area contributed by atoms with Crippen molar-refractivity contribution >= 4 is 35.0 Å². The summed E-state index contributed by atoms with van der Waals surface area (Å²) in [5, 5.41) is 3.45. The third-order valence-corrected chi connectivity index (χ3v) is 5.17. The largest absolute Gasteiger partial charge is 0.324 e. The van der Waals surface area contributed by atoms with Gasteiger partial charge >= 0.3 is 0 Å². The van der Waals surface area contributed by atoms with Crippen LogP contribution < -0.4 is 5.32 Å². The summed E-state index contributed by atoms with van der Waals surface area (Å²) < 4.78 is 0. The van der Waals surface area contributed by atoms with Gasteiger partial charge in [0.05, 0.1) is 10.8 Å². The number of allylic oxidation sites excluding steroid dienone is 1. The molecule has 140 valence electrons. The highest BCUT2D eigenvalue weighted by Gasteiger charge is 2.31. The molecule has 1 aromatic rings. The molecule has 1 fully saturated rings. The van der Waals surface area contributed by atoms with Crippen LogP contribution >= 0.6 is 11.8 Å². The maximum Gasteiger partial charge on any atom is 0.244 e. The van der Waals surface area contributed by atoms with Gasteiger partial charge in [-0.25, -0.2) is 0 Å². The van der Waals surface area contributed by atoms with Gasteiger partial charge in [-0.2, -0.15) is 0 Å². The van der Waals surface area contributed by atoms with Crippen molar-refractivity contribution in [2.75, 3.05) is 17.6 Å². The first-order chi connectivity index (χ1) is 12.0. The Morgan fingerprint density at radius 2 is 1.77 bits per heavy atom. The summed E-state index contributed by atoms with van der Waals surface area (Å²) in [6.45, 7) is 11.3. The summed E-state index contributed by atoms with van der Waals surface area (Å²) >= 11 is 1.30. The van der Waals surface area contributed by atoms with Gasteiger partial charge in [-0.05, 0) is 31.9 Å². The van der Waals surface area contributed by atoms with Crippen molar-refractivity contribution in [3.63, 3.8) is 0 Å². The molecule has 1 N–H and O–H groups in total. The van der Waals surface area contributed by atoms with Gasteiger partial charge < -0.3 is 5.32 Å². The maximum absolute atomic E-state index is 12.5. The van der Waals surface area contributed by atoms with Crippen LogP contribution in [-0.2, 0) is 14.4 Å². The molecule has 2 amide bonds. The summed E-state index contributed by atoms with van der Waals surface area (Å²) in [7, 11) is 0. The van der Waals surface area contributed by atoms with Gasteiger partial charge in [0.15, 0.2) is 5.78 Å². The molecule has 0 bridgehead atoms. The SMILES string of the molecule is Cc1cc(C)c(NC(=O)CN2C(=O)CS/C2=C\C(=O)C(C)(C)C)c(C)c1. The van der Waals surface area contributed by atoms with Crippen LogP contribution in [0.1, 0.15) is 37.5 Å². The molecule has 1 aromatic carbocycles. The molecule has 5 nitrogen and oxygen atoms in total. The van der Waals surface area contributed by atoms with Gasteiger partial charge in [-0.1, -0.05) is 50.2 Å². The van der Waals surface area contributed by atoms with Crippen molar-refractivity contribution in [2.24, 2.45) is 5.41 Å². The second-order valence-corrected chi connectivity index (χ2v) is 8.68. The number of nitrogens with one attached hydrogen (secondary N) is 1. The van der Waals surface area contributed by atoms with Crippen molar-refractivity contribution in [1.29, 1.82) is 0 Å². The van der Waals surface area contributed by atoms with Gasteiger partial charge in [0, 0.05) is 17.2 Å². The van der Waals surface area contributed by atoms with Gasteiger partial charge in [0.25, 0.3) is 0 Å². The van der Waals surface area contributed by atoms with E-state index in [1.807, 2.05) is 53.7 Å². The Hall–Kier alpha value is -2.08. The summed E-state index contributed by atoms with van der Waals surface area (Å²) in [5.74, 6) is -0.245. The predicted octanol–water partition coefficient (Wildman–Crippen LogP) is 3.58. The lowest BCUT2D eigenvalue weighted by molar-refractivity contribution is -0.129. The highest BCUT2D eigenvalue weighted by atomic mass is 32.2. The summed E-state index contributed by atoms with van der Waals surface area (Å²) in [5.41, 5.74) is 3.35. The first-order valence-corrected chi connectivity index (χ1v) is 9.54. The number of hydrogen-bond acceptors (Lipinski definition) is 4. The Bertz CT molecular complexity index is 768. The lowest BCUT2D eigenvalue weighted by Gasteiger charge is -2.20. The van der Waals surface area contributed by atoms with Crippen LogP contribution in [0.3, 0.4) is 0 Å². The van der Waals surface area contributed by atoms with Crippen LogP contribution in [0.15, 0.2) is 23.2 Å². The zero-order chi connectivity index (χ0) is 19.6. The van der Waals surface area contributed by atoms with E-state index < -0.39 is 5.41 Å². The van der Waals surface area contributed by atoms with Crippen molar-refractivity contribution in [1.82, 2.24) is 4.90 Å². The maximum atomic E-state index is 12.5. The Kier molecular flexibility index (Phi) is 5.96. The normalized spacial score (nSPS) is 16.3. The van der Waals surface area contributed by atoms with E-state index in [4.69, 9.17) is 0 Å². The molecule has 0 aliphatic carbocycles. The van der Waals surface area contributed by atoms with Crippen molar-refractivity contribution in [3.05, 3.63) is 39.9 Å². The van der Waals surface area contributed by atoms with Crippen LogP contribution in [0, 0.1) is 26.2 Å². The van der Waals surface area contributed by atoms with Gasteiger partial charge in [-0.15, -0.1) is 0 Å². The predicted molar refractivity (Wildman–Crippen MR) is 106 cm³/mol. The molecule has 1 saturated heterocycles. The fourth-order valence-corrected chi connectivity index (χ4v) is 3.67. The fourth-order valence-electron chi connectivity index (χ4n) is 2.73. The highest BCUT2D eigenvalue weighted by Crippen LogP contribution is 2.30. The number of benzene rings is 1. The first kappa shape index (κ1) is 20.2. The average Bonchev–Trinajstić information content (AvgIpc) is 2.83. The third-order valence-electron chi connectivity index (χ3n) is 4.15. The molecule has 1 aliphatic heterocycles. The van der Waals surface area contributed by atoms with E-state index in [-0.39, 0.29) is 29.9 Å². The first-order valence-electron chi connectivity index (χ1n) is 8.56. The van der Waals surface area contributed by atoms with Crippen molar-refractivity contribution in [2.45, 2.75) is 41.5 Å². The second-order valence-electron chi connectivity index (χ2n) is 7.69. The number of hydrogen-bond donors (Lipinski definition) is 1. The monoisotopic (exact) mass is 374 g/mol. The minimum Gasteiger partial charge on any atom is -0.324 e. The van der Waals surface area contributed by atoms with E-state index in [9.17, 15) is 14.4 Å². The molecule has 1 heterocycles. The minimum absolute atomic E-state index is 0.0645. The Balaban J connectivity index is 2.15. The topological polar surface area (TPSA) is 66.5 Å². The molecule has 0 radical (unpaired) electrons. The molecule has 2 rings (SSSR count). The van der Waals surface area contributed by atoms with Gasteiger partial charge in [0.1, 0.15) is 6.54 Å². The number of thioether (sulfide) groups is 1. The Morgan fingerprint density at radius 1 is 1.19 bits per heavy atom. The standard InChI is InChI=1S/C20H26N2O3S/c1-12-7-13(2)19(14(3)8-12)21-16(24)10-22-17(25)11-26-18(22)9-15(23)20(4,5)6/h7-9H,10-11H2,1-6H3,(H,21,24)/b18-9-. The van der Waals surface area contributed by atoms with E-state index in [1.54, 1.807) is 0 Å². The van der Waals surface area contributed by atoms with E-state index in [1.165, 1.54) is 22.7 Å². The van der Waals surface area contributed by atoms with Crippen LogP contribution in [0.2, 0.25) is 0 Å². The zero-order valence-corrected chi connectivity index (χ0v) is 17.0. The zero-order valence-electron chi connectivity index (χ0n) is 16.2. The van der Waals surface area contributed by atoms with Crippen LogP contribution in [0.4, 0.5) is 5.69 Å². The number of rotatable bonds is 4. The molecule has 1 aliphatic rings. The molecule has 26 heavy (non-hydrogen) atoms. The molecule has 6 heteroatoms. The highest BCUT2D eigenvalue weighted by molar-refractivity contribution is 8.04. The number of nitrogens with zero attached hydrogens (tertiary/aromatic N) is 1. The molecular formula is C20H26N2O3S. The molecule has 0 saturated carbocycles. The number of ketones is 1. The third kappa shape index (κ3) is 4.75. The van der Waals surface area contributed by atoms with Crippen LogP contribution in [0.25, 0.3) is 0 Å². The van der Waals surface area contributed by atoms with E-state index in [0.717, 1.165) is 22.4 Å². The molecule has 0 atom stereocenters. The number of aryl methyl sites for hydroxylation is 3. The quantitative estimate of drug-likeness (QED) is 0.818. The second kappa shape index (κ2) is 7.66. The number of amides is 2. The van der Waals surface area contributed by atoms with Gasteiger partial charge in [-0.3, -0.25) is 19.3 Å². The van der Waals surface area contributed by atoms with E-state index in [2.05, 4.69) is 5.32 Å². The Morgan fingerprint density at radius 3 is 2.31 bits per heavy atom. The molecular weight excluding hydrogens is 348 g/mol. The number of anilines is 1. The van der Waals surface area contributed by atoms with Crippen LogP contribution in [-0.4, -0.2) is 34.8 Å². The molecule has 0 unspecified atom stereocenters. The van der Waals surface area contributed by atoms with E-state index >= 15 is 0 Å².